The molecule has 0 radical (unpaired) electrons. The van der Waals surface area contributed by atoms with Gasteiger partial charge >= 0.3 is 0 Å². The fourth-order valence-corrected chi connectivity index (χ4v) is 3.81. The van der Waals surface area contributed by atoms with E-state index < -0.39 is 0 Å². The monoisotopic (exact) mass is 307 g/mol. The maximum absolute atomic E-state index is 6.33. The van der Waals surface area contributed by atoms with Crippen molar-refractivity contribution in [2.45, 2.75) is 37.8 Å². The molecule has 2 fully saturated rings. The SMILES string of the molecule is NC(CCN1CCCN2CCCC2C1)c1ccc(Cl)cc1. The first-order valence-corrected chi connectivity index (χ1v) is 8.57. The number of nitrogens with two attached hydrogens (primary N) is 1. The lowest BCUT2D eigenvalue weighted by atomic mass is 10.0. The van der Waals surface area contributed by atoms with Gasteiger partial charge in [0.15, 0.2) is 0 Å². The number of rotatable bonds is 4. The summed E-state index contributed by atoms with van der Waals surface area (Å²) in [6.07, 6.45) is 5.07. The normalized spacial score (nSPS) is 25.5. The van der Waals surface area contributed by atoms with Gasteiger partial charge in [-0.15, -0.1) is 0 Å². The molecule has 2 atom stereocenters. The number of halogens is 1. The third kappa shape index (κ3) is 3.98. The van der Waals surface area contributed by atoms with Crippen molar-refractivity contribution in [3.05, 3.63) is 34.9 Å². The zero-order valence-corrected chi connectivity index (χ0v) is 13.4. The van der Waals surface area contributed by atoms with Gasteiger partial charge in [-0.2, -0.15) is 0 Å². The highest BCUT2D eigenvalue weighted by molar-refractivity contribution is 6.30. The van der Waals surface area contributed by atoms with Crippen LogP contribution in [0.3, 0.4) is 0 Å². The van der Waals surface area contributed by atoms with E-state index in [0.29, 0.717) is 0 Å². The van der Waals surface area contributed by atoms with Gasteiger partial charge in [0, 0.05) is 30.2 Å². The molecule has 2 aliphatic heterocycles. The van der Waals surface area contributed by atoms with Gasteiger partial charge in [-0.25, -0.2) is 0 Å². The predicted octanol–water partition coefficient (Wildman–Crippen LogP) is 2.90. The molecule has 4 heteroatoms. The molecular formula is C17H26ClN3. The summed E-state index contributed by atoms with van der Waals surface area (Å²) in [6, 6.07) is 8.87. The van der Waals surface area contributed by atoms with Gasteiger partial charge in [0.25, 0.3) is 0 Å². The summed E-state index contributed by atoms with van der Waals surface area (Å²) in [5.74, 6) is 0. The Hall–Kier alpha value is -0.610. The fraction of sp³-hybridized carbons (Fsp3) is 0.647. The first-order chi connectivity index (χ1) is 10.2. The van der Waals surface area contributed by atoms with Crippen molar-refractivity contribution in [2.75, 3.05) is 32.7 Å². The van der Waals surface area contributed by atoms with Crippen LogP contribution < -0.4 is 5.73 Å². The van der Waals surface area contributed by atoms with Gasteiger partial charge in [0.05, 0.1) is 0 Å². The second-order valence-electron chi connectivity index (χ2n) is 6.43. The Morgan fingerprint density at radius 2 is 1.90 bits per heavy atom. The molecule has 0 amide bonds. The molecule has 2 unspecified atom stereocenters. The summed E-state index contributed by atoms with van der Waals surface area (Å²) in [5, 5.41) is 0.778. The number of hydrogen-bond acceptors (Lipinski definition) is 3. The second-order valence-corrected chi connectivity index (χ2v) is 6.87. The van der Waals surface area contributed by atoms with Crippen LogP contribution in [0.4, 0.5) is 0 Å². The van der Waals surface area contributed by atoms with Crippen LogP contribution in [-0.2, 0) is 0 Å². The quantitative estimate of drug-likeness (QED) is 0.928. The number of nitrogens with zero attached hydrogens (tertiary/aromatic N) is 2. The van der Waals surface area contributed by atoms with Crippen LogP contribution in [0.15, 0.2) is 24.3 Å². The fourth-order valence-electron chi connectivity index (χ4n) is 3.68. The lowest BCUT2D eigenvalue weighted by Gasteiger charge is -2.26. The zero-order valence-electron chi connectivity index (χ0n) is 12.7. The molecule has 2 N–H and O–H groups in total. The van der Waals surface area contributed by atoms with Crippen molar-refractivity contribution in [1.82, 2.24) is 9.80 Å². The molecule has 1 aromatic carbocycles. The van der Waals surface area contributed by atoms with Crippen LogP contribution >= 0.6 is 11.6 Å². The number of hydrogen-bond donors (Lipinski definition) is 1. The summed E-state index contributed by atoms with van der Waals surface area (Å²) in [5.41, 5.74) is 7.52. The maximum Gasteiger partial charge on any atom is 0.0406 e. The highest BCUT2D eigenvalue weighted by atomic mass is 35.5. The smallest absolute Gasteiger partial charge is 0.0406 e. The van der Waals surface area contributed by atoms with Crippen LogP contribution in [-0.4, -0.2) is 48.6 Å². The first kappa shape index (κ1) is 15.3. The van der Waals surface area contributed by atoms with E-state index in [0.717, 1.165) is 24.0 Å². The largest absolute Gasteiger partial charge is 0.324 e. The highest BCUT2D eigenvalue weighted by Crippen LogP contribution is 2.22. The van der Waals surface area contributed by atoms with E-state index in [1.165, 1.54) is 51.0 Å². The second kappa shape index (κ2) is 7.10. The van der Waals surface area contributed by atoms with Gasteiger partial charge in [-0.05, 0) is 63.0 Å². The Bertz CT molecular complexity index is 448. The van der Waals surface area contributed by atoms with E-state index in [1.54, 1.807) is 0 Å². The van der Waals surface area contributed by atoms with E-state index >= 15 is 0 Å². The maximum atomic E-state index is 6.33. The minimum Gasteiger partial charge on any atom is -0.324 e. The van der Waals surface area contributed by atoms with E-state index in [1.807, 2.05) is 24.3 Å². The molecule has 3 nitrogen and oxygen atoms in total. The lowest BCUT2D eigenvalue weighted by molar-refractivity contribution is 0.216. The molecule has 1 aromatic rings. The van der Waals surface area contributed by atoms with Crippen molar-refractivity contribution < 1.29 is 0 Å². The summed E-state index contributed by atoms with van der Waals surface area (Å²) < 4.78 is 0. The van der Waals surface area contributed by atoms with Gasteiger partial charge in [0.1, 0.15) is 0 Å². The van der Waals surface area contributed by atoms with Gasteiger partial charge in [0.2, 0.25) is 0 Å². The molecule has 2 heterocycles. The Kier molecular flexibility index (Phi) is 5.17. The highest BCUT2D eigenvalue weighted by Gasteiger charge is 2.28. The molecule has 0 bridgehead atoms. The number of fused-ring (bicyclic) bond motifs is 1. The average Bonchev–Trinajstić information content (AvgIpc) is 2.83. The van der Waals surface area contributed by atoms with E-state index in [-0.39, 0.29) is 6.04 Å². The van der Waals surface area contributed by atoms with Crippen LogP contribution in [0.2, 0.25) is 5.02 Å². The molecule has 2 saturated heterocycles. The Balaban J connectivity index is 1.50. The molecular weight excluding hydrogens is 282 g/mol. The molecule has 0 saturated carbocycles. The molecule has 0 spiro atoms. The van der Waals surface area contributed by atoms with Gasteiger partial charge < -0.3 is 10.6 Å². The molecule has 0 aromatic heterocycles. The summed E-state index contributed by atoms with van der Waals surface area (Å²) in [6.45, 7) is 6.15. The summed E-state index contributed by atoms with van der Waals surface area (Å²) in [7, 11) is 0. The summed E-state index contributed by atoms with van der Waals surface area (Å²) in [4.78, 5) is 5.30. The molecule has 116 valence electrons. The minimum absolute atomic E-state index is 0.116. The van der Waals surface area contributed by atoms with Crippen molar-refractivity contribution >= 4 is 11.6 Å². The van der Waals surface area contributed by atoms with Crippen LogP contribution in [0, 0.1) is 0 Å². The van der Waals surface area contributed by atoms with E-state index in [4.69, 9.17) is 17.3 Å². The summed E-state index contributed by atoms with van der Waals surface area (Å²) >= 11 is 5.93. The number of benzene rings is 1. The molecule has 3 rings (SSSR count). The molecule has 0 aliphatic carbocycles. The average molecular weight is 308 g/mol. The van der Waals surface area contributed by atoms with Crippen LogP contribution in [0.25, 0.3) is 0 Å². The standard InChI is InChI=1S/C17H26ClN3/c18-15-6-4-14(5-7-15)17(19)8-12-20-9-2-11-21-10-1-3-16(21)13-20/h4-7,16-17H,1-3,8-13,19H2. The first-order valence-electron chi connectivity index (χ1n) is 8.20. The third-order valence-electron chi connectivity index (χ3n) is 4.94. The van der Waals surface area contributed by atoms with Crippen LogP contribution in [0.5, 0.6) is 0 Å². The van der Waals surface area contributed by atoms with Crippen molar-refractivity contribution in [2.24, 2.45) is 5.73 Å². The molecule has 21 heavy (non-hydrogen) atoms. The van der Waals surface area contributed by atoms with Crippen molar-refractivity contribution in [3.8, 4) is 0 Å². The lowest BCUT2D eigenvalue weighted by Crippen LogP contribution is -2.37. The topological polar surface area (TPSA) is 32.5 Å². The third-order valence-corrected chi connectivity index (χ3v) is 5.19. The van der Waals surface area contributed by atoms with Crippen molar-refractivity contribution in [1.29, 1.82) is 0 Å². The minimum atomic E-state index is 0.116. The Morgan fingerprint density at radius 1 is 1.14 bits per heavy atom. The Morgan fingerprint density at radius 3 is 2.71 bits per heavy atom. The van der Waals surface area contributed by atoms with E-state index in [9.17, 15) is 0 Å². The predicted molar refractivity (Wildman–Crippen MR) is 88.6 cm³/mol. The van der Waals surface area contributed by atoms with Gasteiger partial charge in [-0.3, -0.25) is 4.90 Å². The van der Waals surface area contributed by atoms with E-state index in [2.05, 4.69) is 9.80 Å². The Labute approximate surface area is 133 Å². The molecule has 2 aliphatic rings. The zero-order chi connectivity index (χ0) is 14.7. The van der Waals surface area contributed by atoms with Gasteiger partial charge in [-0.1, -0.05) is 23.7 Å². The van der Waals surface area contributed by atoms with Crippen molar-refractivity contribution in [3.63, 3.8) is 0 Å². The van der Waals surface area contributed by atoms with Crippen LogP contribution in [0.1, 0.15) is 37.3 Å².